The molecule has 0 spiro atoms. The van der Waals surface area contributed by atoms with Crippen LogP contribution in [0.15, 0.2) is 30.3 Å². The molecule has 1 aromatic heterocycles. The number of hydrogen-bond donors (Lipinski definition) is 1. The van der Waals surface area contributed by atoms with Crippen LogP contribution >= 0.6 is 11.6 Å². The Morgan fingerprint density at radius 1 is 1.35 bits per heavy atom. The van der Waals surface area contributed by atoms with E-state index in [9.17, 15) is 4.79 Å². The third-order valence-corrected chi connectivity index (χ3v) is 3.07. The summed E-state index contributed by atoms with van der Waals surface area (Å²) in [4.78, 5) is 15.8. The molecule has 88 valence electrons. The maximum Gasteiger partial charge on any atom is 0.242 e. The van der Waals surface area contributed by atoms with Gasteiger partial charge in [0.2, 0.25) is 5.91 Å². The number of amides is 1. The van der Waals surface area contributed by atoms with Crippen LogP contribution in [-0.2, 0) is 4.79 Å². The van der Waals surface area contributed by atoms with E-state index in [2.05, 4.69) is 10.3 Å². The van der Waals surface area contributed by atoms with Gasteiger partial charge in [-0.25, -0.2) is 0 Å². The molecule has 0 aliphatic rings. The van der Waals surface area contributed by atoms with Crippen molar-refractivity contribution < 1.29 is 4.79 Å². The van der Waals surface area contributed by atoms with Gasteiger partial charge in [-0.3, -0.25) is 9.78 Å². The first-order valence-corrected chi connectivity index (χ1v) is 5.78. The van der Waals surface area contributed by atoms with Gasteiger partial charge in [-0.05, 0) is 30.7 Å². The molecule has 0 fully saturated rings. The van der Waals surface area contributed by atoms with Crippen LogP contribution in [0.5, 0.6) is 0 Å². The molecule has 1 amide bonds. The van der Waals surface area contributed by atoms with Gasteiger partial charge in [0.15, 0.2) is 0 Å². The highest BCUT2D eigenvalue weighted by atomic mass is 35.5. The van der Waals surface area contributed by atoms with Gasteiger partial charge in [-0.15, -0.1) is 11.6 Å². The summed E-state index contributed by atoms with van der Waals surface area (Å²) in [6, 6.07) is 9.54. The second kappa shape index (κ2) is 4.72. The van der Waals surface area contributed by atoms with Crippen LogP contribution in [0.25, 0.3) is 10.9 Å². The van der Waals surface area contributed by atoms with E-state index in [-0.39, 0.29) is 5.91 Å². The van der Waals surface area contributed by atoms with Crippen molar-refractivity contribution >= 4 is 28.4 Å². The standard InChI is InChI=1S/C13H13ClN2O/c1-8-3-4-9-7-10(5-6-11(9)16-8)12(14)13(17)15-2/h3-7,12H,1-2H3,(H,15,17). The summed E-state index contributed by atoms with van der Waals surface area (Å²) in [6.07, 6.45) is 0. The highest BCUT2D eigenvalue weighted by molar-refractivity contribution is 6.30. The fourth-order valence-electron chi connectivity index (χ4n) is 1.68. The number of carbonyl (C=O) groups excluding carboxylic acids is 1. The van der Waals surface area contributed by atoms with Crippen LogP contribution in [0.1, 0.15) is 16.6 Å². The predicted octanol–water partition coefficient (Wildman–Crippen LogP) is 2.57. The van der Waals surface area contributed by atoms with E-state index in [0.717, 1.165) is 22.2 Å². The second-order valence-corrected chi connectivity index (χ2v) is 4.32. The van der Waals surface area contributed by atoms with Gasteiger partial charge < -0.3 is 5.32 Å². The average Bonchev–Trinajstić information content (AvgIpc) is 2.36. The van der Waals surface area contributed by atoms with Crippen LogP contribution in [-0.4, -0.2) is 17.9 Å². The van der Waals surface area contributed by atoms with Crippen LogP contribution in [0.2, 0.25) is 0 Å². The number of pyridine rings is 1. The molecular formula is C13H13ClN2O. The van der Waals surface area contributed by atoms with Crippen molar-refractivity contribution in [3.63, 3.8) is 0 Å². The SMILES string of the molecule is CNC(=O)C(Cl)c1ccc2nc(C)ccc2c1. The van der Waals surface area contributed by atoms with Crippen molar-refractivity contribution in [2.75, 3.05) is 7.05 Å². The van der Waals surface area contributed by atoms with Gasteiger partial charge >= 0.3 is 0 Å². The number of benzene rings is 1. The molecule has 0 saturated carbocycles. The van der Waals surface area contributed by atoms with Gasteiger partial charge in [0.05, 0.1) is 5.52 Å². The summed E-state index contributed by atoms with van der Waals surface area (Å²) < 4.78 is 0. The van der Waals surface area contributed by atoms with E-state index in [4.69, 9.17) is 11.6 Å². The zero-order valence-corrected chi connectivity index (χ0v) is 10.5. The number of nitrogens with zero attached hydrogens (tertiary/aromatic N) is 1. The Bertz CT molecular complexity index is 568. The summed E-state index contributed by atoms with van der Waals surface area (Å²) in [6.45, 7) is 1.95. The summed E-state index contributed by atoms with van der Waals surface area (Å²) in [5.41, 5.74) is 2.66. The minimum Gasteiger partial charge on any atom is -0.358 e. The molecule has 1 aromatic carbocycles. The normalized spacial score (nSPS) is 12.4. The number of halogens is 1. The van der Waals surface area contributed by atoms with E-state index in [1.165, 1.54) is 0 Å². The molecule has 4 heteroatoms. The number of alkyl halides is 1. The lowest BCUT2D eigenvalue weighted by molar-refractivity contribution is -0.120. The lowest BCUT2D eigenvalue weighted by atomic mass is 10.1. The summed E-state index contributed by atoms with van der Waals surface area (Å²) >= 11 is 6.06. The molecule has 1 N–H and O–H groups in total. The lowest BCUT2D eigenvalue weighted by Gasteiger charge is -2.09. The van der Waals surface area contributed by atoms with Crippen molar-refractivity contribution in [1.29, 1.82) is 0 Å². The third kappa shape index (κ3) is 2.39. The molecule has 0 saturated heterocycles. The maximum atomic E-state index is 11.4. The molecule has 0 aliphatic carbocycles. The van der Waals surface area contributed by atoms with Gasteiger partial charge in [0.25, 0.3) is 0 Å². The Morgan fingerprint density at radius 3 is 2.82 bits per heavy atom. The van der Waals surface area contributed by atoms with Crippen LogP contribution < -0.4 is 5.32 Å². The average molecular weight is 249 g/mol. The van der Waals surface area contributed by atoms with Crippen LogP contribution in [0.4, 0.5) is 0 Å². The minimum absolute atomic E-state index is 0.203. The van der Waals surface area contributed by atoms with Gasteiger partial charge in [-0.2, -0.15) is 0 Å². The van der Waals surface area contributed by atoms with Crippen LogP contribution in [0.3, 0.4) is 0 Å². The lowest BCUT2D eigenvalue weighted by Crippen LogP contribution is -2.22. The van der Waals surface area contributed by atoms with Crippen molar-refractivity contribution in [3.8, 4) is 0 Å². The number of aromatic nitrogens is 1. The van der Waals surface area contributed by atoms with Crippen LogP contribution in [0, 0.1) is 6.92 Å². The predicted molar refractivity (Wildman–Crippen MR) is 69.1 cm³/mol. The van der Waals surface area contributed by atoms with E-state index < -0.39 is 5.38 Å². The highest BCUT2D eigenvalue weighted by Crippen LogP contribution is 2.24. The first-order valence-electron chi connectivity index (χ1n) is 5.35. The molecule has 2 rings (SSSR count). The van der Waals surface area contributed by atoms with E-state index in [1.807, 2.05) is 37.3 Å². The summed E-state index contributed by atoms with van der Waals surface area (Å²) in [5.74, 6) is -0.203. The first kappa shape index (κ1) is 11.9. The fraction of sp³-hybridized carbons (Fsp3) is 0.231. The van der Waals surface area contributed by atoms with Gasteiger partial charge in [0, 0.05) is 18.1 Å². The maximum absolute atomic E-state index is 11.4. The Balaban J connectivity index is 2.44. The van der Waals surface area contributed by atoms with E-state index in [0.29, 0.717) is 0 Å². The van der Waals surface area contributed by atoms with Gasteiger partial charge in [0.1, 0.15) is 5.38 Å². The molecular weight excluding hydrogens is 236 g/mol. The van der Waals surface area contributed by atoms with E-state index in [1.54, 1.807) is 7.05 Å². The number of nitrogens with one attached hydrogen (secondary N) is 1. The monoisotopic (exact) mass is 248 g/mol. The Hall–Kier alpha value is -1.61. The van der Waals surface area contributed by atoms with Crippen molar-refractivity contribution in [3.05, 3.63) is 41.6 Å². The largest absolute Gasteiger partial charge is 0.358 e. The second-order valence-electron chi connectivity index (χ2n) is 3.88. The zero-order valence-electron chi connectivity index (χ0n) is 9.70. The number of hydrogen-bond acceptors (Lipinski definition) is 2. The molecule has 1 heterocycles. The van der Waals surface area contributed by atoms with E-state index >= 15 is 0 Å². The highest BCUT2D eigenvalue weighted by Gasteiger charge is 2.16. The Kier molecular flexibility index (Phi) is 3.29. The molecule has 3 nitrogen and oxygen atoms in total. The molecule has 17 heavy (non-hydrogen) atoms. The zero-order chi connectivity index (χ0) is 12.4. The van der Waals surface area contributed by atoms with Crippen molar-refractivity contribution in [2.24, 2.45) is 0 Å². The van der Waals surface area contributed by atoms with Crippen molar-refractivity contribution in [1.82, 2.24) is 10.3 Å². The fourth-order valence-corrected chi connectivity index (χ4v) is 1.93. The quantitative estimate of drug-likeness (QED) is 0.830. The number of rotatable bonds is 2. The Labute approximate surface area is 105 Å². The smallest absolute Gasteiger partial charge is 0.242 e. The summed E-state index contributed by atoms with van der Waals surface area (Å²) in [5, 5.41) is 2.86. The number of aryl methyl sites for hydroxylation is 1. The van der Waals surface area contributed by atoms with Crippen molar-refractivity contribution in [2.45, 2.75) is 12.3 Å². The molecule has 2 aromatic rings. The van der Waals surface area contributed by atoms with Gasteiger partial charge in [-0.1, -0.05) is 12.1 Å². The number of carbonyl (C=O) groups is 1. The third-order valence-electron chi connectivity index (χ3n) is 2.62. The molecule has 1 atom stereocenters. The Morgan fingerprint density at radius 2 is 2.12 bits per heavy atom. The molecule has 0 radical (unpaired) electrons. The minimum atomic E-state index is -0.661. The molecule has 0 bridgehead atoms. The molecule has 1 unspecified atom stereocenters. The number of fused-ring (bicyclic) bond motifs is 1. The molecule has 0 aliphatic heterocycles. The first-order chi connectivity index (χ1) is 8.11. The number of likely N-dealkylation sites (N-methyl/N-ethyl adjacent to an activating group) is 1. The topological polar surface area (TPSA) is 42.0 Å². The summed E-state index contributed by atoms with van der Waals surface area (Å²) in [7, 11) is 1.57.